The number of hydrogen-bond acceptors (Lipinski definition) is 5. The van der Waals surface area contributed by atoms with E-state index in [4.69, 9.17) is 5.26 Å². The van der Waals surface area contributed by atoms with Gasteiger partial charge in [0.15, 0.2) is 0 Å². The molecule has 0 bridgehead atoms. The molecule has 0 aliphatic carbocycles. The molecule has 0 aliphatic rings. The van der Waals surface area contributed by atoms with Crippen LogP contribution in [0.2, 0.25) is 0 Å². The summed E-state index contributed by atoms with van der Waals surface area (Å²) in [7, 11) is 1.23. The van der Waals surface area contributed by atoms with Gasteiger partial charge < -0.3 is 9.47 Å². The highest BCUT2D eigenvalue weighted by Crippen LogP contribution is 2.29. The number of ether oxygens (including phenoxy) is 2. The average Bonchev–Trinajstić information content (AvgIpc) is 2.93. The molecule has 2 aromatic rings. The van der Waals surface area contributed by atoms with Gasteiger partial charge in [0.1, 0.15) is 12.3 Å². The van der Waals surface area contributed by atoms with E-state index in [1.807, 2.05) is 0 Å². The third-order valence-corrected chi connectivity index (χ3v) is 2.75. The van der Waals surface area contributed by atoms with Gasteiger partial charge in [0.25, 0.3) is 0 Å². The lowest BCUT2D eigenvalue weighted by Crippen LogP contribution is -2.17. The van der Waals surface area contributed by atoms with Crippen LogP contribution in [-0.4, -0.2) is 29.2 Å². The minimum atomic E-state index is -4.86. The molecule has 1 heterocycles. The van der Waals surface area contributed by atoms with Gasteiger partial charge in [-0.2, -0.15) is 10.4 Å². The molecule has 2 rings (SSSR count). The van der Waals surface area contributed by atoms with Crippen molar-refractivity contribution < 1.29 is 27.4 Å². The first-order chi connectivity index (χ1) is 10.8. The fourth-order valence-corrected chi connectivity index (χ4v) is 1.82. The van der Waals surface area contributed by atoms with Crippen LogP contribution in [0.1, 0.15) is 5.56 Å². The van der Waals surface area contributed by atoms with Crippen LogP contribution < -0.4 is 4.74 Å². The molecule has 0 amide bonds. The fraction of sp³-hybridized carbons (Fsp3) is 0.214. The van der Waals surface area contributed by atoms with Crippen LogP contribution in [0.3, 0.4) is 0 Å². The number of carbonyl (C=O) groups is 1. The first-order valence-corrected chi connectivity index (χ1v) is 6.21. The Labute approximate surface area is 128 Å². The molecule has 0 atom stereocenters. The Balaban J connectivity index is 2.33. The van der Waals surface area contributed by atoms with Crippen molar-refractivity contribution >= 4 is 5.97 Å². The molecule has 23 heavy (non-hydrogen) atoms. The minimum Gasteiger partial charge on any atom is -0.468 e. The maximum atomic E-state index is 12.3. The zero-order valence-electron chi connectivity index (χ0n) is 11.8. The zero-order chi connectivity index (χ0) is 17.0. The van der Waals surface area contributed by atoms with Crippen LogP contribution in [0.25, 0.3) is 11.1 Å². The molecule has 0 spiro atoms. The Morgan fingerprint density at radius 1 is 1.35 bits per heavy atom. The number of nitrogens with zero attached hydrogens (tertiary/aromatic N) is 3. The molecule has 6 nitrogen and oxygen atoms in total. The van der Waals surface area contributed by atoms with E-state index in [1.165, 1.54) is 30.3 Å². The third kappa shape index (κ3) is 4.47. The Morgan fingerprint density at radius 3 is 2.70 bits per heavy atom. The van der Waals surface area contributed by atoms with E-state index in [9.17, 15) is 18.0 Å². The van der Waals surface area contributed by atoms with Crippen molar-refractivity contribution in [2.24, 2.45) is 0 Å². The summed E-state index contributed by atoms with van der Waals surface area (Å²) in [5.74, 6) is -1.03. The Hall–Kier alpha value is -3.02. The van der Waals surface area contributed by atoms with Gasteiger partial charge in [-0.15, -0.1) is 13.2 Å². The van der Waals surface area contributed by atoms with Crippen LogP contribution >= 0.6 is 0 Å². The van der Waals surface area contributed by atoms with E-state index >= 15 is 0 Å². The van der Waals surface area contributed by atoms with Crippen molar-refractivity contribution in [2.45, 2.75) is 12.9 Å². The summed E-state index contributed by atoms with van der Waals surface area (Å²) < 4.78 is 46.6. The molecule has 0 saturated carbocycles. The van der Waals surface area contributed by atoms with Crippen LogP contribution in [0.5, 0.6) is 5.75 Å². The summed E-state index contributed by atoms with van der Waals surface area (Å²) in [5.41, 5.74) is 0.736. The zero-order valence-corrected chi connectivity index (χ0v) is 11.8. The summed E-state index contributed by atoms with van der Waals surface area (Å²) in [4.78, 5) is 11.2. The smallest absolute Gasteiger partial charge is 0.468 e. The number of halogens is 3. The molecule has 120 valence electrons. The summed E-state index contributed by atoms with van der Waals surface area (Å²) in [6.07, 6.45) is -2.05. The molecular formula is C14H10F3N3O3. The monoisotopic (exact) mass is 325 g/mol. The molecular weight excluding hydrogens is 315 g/mol. The molecule has 1 aromatic heterocycles. The predicted octanol–water partition coefficient (Wildman–Crippen LogP) is 2.49. The van der Waals surface area contributed by atoms with Gasteiger partial charge in [-0.25, -0.2) is 0 Å². The lowest BCUT2D eigenvalue weighted by Gasteiger charge is -2.10. The quantitative estimate of drug-likeness (QED) is 0.807. The Kier molecular flexibility index (Phi) is 4.55. The summed E-state index contributed by atoms with van der Waals surface area (Å²) in [6.45, 7) is -0.139. The maximum absolute atomic E-state index is 12.3. The average molecular weight is 325 g/mol. The highest BCUT2D eigenvalue weighted by atomic mass is 19.4. The second-order valence-electron chi connectivity index (χ2n) is 4.41. The topological polar surface area (TPSA) is 77.1 Å². The van der Waals surface area contributed by atoms with Gasteiger partial charge in [-0.05, 0) is 23.8 Å². The maximum Gasteiger partial charge on any atom is 0.573 e. The standard InChI is InChI=1S/C14H10F3N3O3/c1-22-13(21)8-20-7-11(6-19-20)10-2-9(5-18)3-12(4-10)23-14(15,16)17/h2-4,6-7H,8H2,1H3. The highest BCUT2D eigenvalue weighted by molar-refractivity contribution is 5.70. The van der Waals surface area contributed by atoms with E-state index in [1.54, 1.807) is 6.07 Å². The summed E-state index contributed by atoms with van der Waals surface area (Å²) >= 11 is 0. The molecule has 0 unspecified atom stereocenters. The van der Waals surface area contributed by atoms with Crippen LogP contribution in [0.15, 0.2) is 30.6 Å². The second kappa shape index (κ2) is 6.39. The van der Waals surface area contributed by atoms with Gasteiger partial charge in [-0.1, -0.05) is 0 Å². The molecule has 0 saturated heterocycles. The van der Waals surface area contributed by atoms with Gasteiger partial charge in [0.05, 0.1) is 24.9 Å². The molecule has 0 radical (unpaired) electrons. The van der Waals surface area contributed by atoms with E-state index in [0.29, 0.717) is 11.1 Å². The van der Waals surface area contributed by atoms with Crippen molar-refractivity contribution in [3.05, 3.63) is 36.2 Å². The minimum absolute atomic E-state index is 0.00229. The summed E-state index contributed by atoms with van der Waals surface area (Å²) in [6, 6.07) is 5.27. The number of esters is 1. The lowest BCUT2D eigenvalue weighted by atomic mass is 10.1. The van der Waals surface area contributed by atoms with E-state index in [-0.39, 0.29) is 12.1 Å². The number of methoxy groups -OCH3 is 1. The van der Waals surface area contributed by atoms with Crippen molar-refractivity contribution in [1.82, 2.24) is 9.78 Å². The van der Waals surface area contributed by atoms with Crippen LogP contribution in [-0.2, 0) is 16.1 Å². The molecule has 9 heteroatoms. The third-order valence-electron chi connectivity index (χ3n) is 2.75. The number of alkyl halides is 3. The number of rotatable bonds is 4. The Bertz CT molecular complexity index is 763. The SMILES string of the molecule is COC(=O)Cn1cc(-c2cc(C#N)cc(OC(F)(F)F)c2)cn1. The molecule has 0 fully saturated rings. The van der Waals surface area contributed by atoms with Crippen LogP contribution in [0.4, 0.5) is 13.2 Å². The van der Waals surface area contributed by atoms with E-state index in [2.05, 4.69) is 14.6 Å². The predicted molar refractivity (Wildman–Crippen MR) is 71.1 cm³/mol. The van der Waals surface area contributed by atoms with Crippen molar-refractivity contribution in [1.29, 1.82) is 5.26 Å². The first-order valence-electron chi connectivity index (χ1n) is 6.21. The largest absolute Gasteiger partial charge is 0.573 e. The van der Waals surface area contributed by atoms with Gasteiger partial charge in [0.2, 0.25) is 0 Å². The van der Waals surface area contributed by atoms with Crippen molar-refractivity contribution in [3.63, 3.8) is 0 Å². The fourth-order valence-electron chi connectivity index (χ4n) is 1.82. The normalized spacial score (nSPS) is 10.9. The second-order valence-corrected chi connectivity index (χ2v) is 4.41. The van der Waals surface area contributed by atoms with Crippen molar-refractivity contribution in [2.75, 3.05) is 7.11 Å². The number of nitriles is 1. The number of benzene rings is 1. The van der Waals surface area contributed by atoms with Gasteiger partial charge >= 0.3 is 12.3 Å². The van der Waals surface area contributed by atoms with Gasteiger partial charge in [0, 0.05) is 11.8 Å². The lowest BCUT2D eigenvalue weighted by molar-refractivity contribution is -0.274. The van der Waals surface area contributed by atoms with E-state index in [0.717, 1.165) is 12.1 Å². The van der Waals surface area contributed by atoms with E-state index < -0.39 is 18.1 Å². The Morgan fingerprint density at radius 2 is 2.09 bits per heavy atom. The summed E-state index contributed by atoms with van der Waals surface area (Å²) in [5, 5.41) is 12.8. The first kappa shape index (κ1) is 16.4. The molecule has 0 aliphatic heterocycles. The molecule has 1 aromatic carbocycles. The van der Waals surface area contributed by atoms with Crippen molar-refractivity contribution in [3.8, 4) is 22.9 Å². The molecule has 0 N–H and O–H groups in total. The van der Waals surface area contributed by atoms with Gasteiger partial charge in [-0.3, -0.25) is 9.48 Å². The highest BCUT2D eigenvalue weighted by Gasteiger charge is 2.31. The van der Waals surface area contributed by atoms with Crippen LogP contribution in [0, 0.1) is 11.3 Å². The number of hydrogen-bond donors (Lipinski definition) is 0. The number of carbonyl (C=O) groups excluding carboxylic acids is 1. The number of aromatic nitrogens is 2.